The van der Waals surface area contributed by atoms with Gasteiger partial charge in [0.25, 0.3) is 5.91 Å². The van der Waals surface area contributed by atoms with E-state index in [0.717, 1.165) is 11.5 Å². The predicted octanol–water partition coefficient (Wildman–Crippen LogP) is 3.32. The summed E-state index contributed by atoms with van der Waals surface area (Å²) in [5.74, 6) is -2.25. The molecule has 2 aromatic carbocycles. The molecule has 2 aromatic rings. The van der Waals surface area contributed by atoms with Crippen LogP contribution in [0.25, 0.3) is 0 Å². The maximum atomic E-state index is 14.5. The third kappa shape index (κ3) is 6.37. The highest BCUT2D eigenvalue weighted by Crippen LogP contribution is 2.24. The minimum absolute atomic E-state index is 0.0100. The molecule has 176 valence electrons. The number of alkyl halides is 3. The van der Waals surface area contributed by atoms with E-state index in [0.29, 0.717) is 18.7 Å². The second-order valence-corrected chi connectivity index (χ2v) is 8.25. The fourth-order valence-corrected chi connectivity index (χ4v) is 3.96. The van der Waals surface area contributed by atoms with Gasteiger partial charge in [-0.2, -0.15) is 24.9 Å². The molecule has 0 aliphatic carbocycles. The number of para-hydroxylation sites is 1. The van der Waals surface area contributed by atoms with Gasteiger partial charge in [-0.25, -0.2) is 9.18 Å². The highest BCUT2D eigenvalue weighted by atomic mass is 32.2. The summed E-state index contributed by atoms with van der Waals surface area (Å²) in [6.45, 7) is 1.09. The monoisotopic (exact) mass is 484 g/mol. The second kappa shape index (κ2) is 10.6. The molecule has 7 nitrogen and oxygen atoms in total. The number of nitrogens with zero attached hydrogens (tertiary/aromatic N) is 2. The number of benzene rings is 2. The first kappa shape index (κ1) is 24.4. The van der Waals surface area contributed by atoms with Gasteiger partial charge in [0.2, 0.25) is 0 Å². The van der Waals surface area contributed by atoms with Crippen LogP contribution in [0.5, 0.6) is 0 Å². The highest BCUT2D eigenvalue weighted by molar-refractivity contribution is 7.99. The Hall–Kier alpha value is -3.28. The van der Waals surface area contributed by atoms with Crippen molar-refractivity contribution in [3.63, 3.8) is 0 Å². The molecule has 4 amide bonds. The fraction of sp³-hybridized carbons (Fsp3) is 0.286. The summed E-state index contributed by atoms with van der Waals surface area (Å²) in [6, 6.07) is 11.2. The van der Waals surface area contributed by atoms with Crippen molar-refractivity contribution in [2.45, 2.75) is 12.7 Å². The zero-order chi connectivity index (χ0) is 24.0. The molecule has 0 bridgehead atoms. The summed E-state index contributed by atoms with van der Waals surface area (Å²) < 4.78 is 51.1. The number of thioether (sulfide) groups is 1. The van der Waals surface area contributed by atoms with E-state index in [1.54, 1.807) is 28.2 Å². The third-order valence-corrected chi connectivity index (χ3v) is 5.70. The van der Waals surface area contributed by atoms with Crippen molar-refractivity contribution in [2.75, 3.05) is 29.5 Å². The van der Waals surface area contributed by atoms with Crippen LogP contribution in [0.4, 0.5) is 28.0 Å². The lowest BCUT2D eigenvalue weighted by Gasteiger charge is -2.33. The molecule has 1 fully saturated rings. The number of hydrogen-bond donors (Lipinski definition) is 2. The van der Waals surface area contributed by atoms with E-state index < -0.39 is 23.8 Å². The van der Waals surface area contributed by atoms with Crippen LogP contribution in [0.1, 0.15) is 15.9 Å². The van der Waals surface area contributed by atoms with Crippen LogP contribution < -0.4 is 15.8 Å². The molecule has 1 saturated heterocycles. The smallest absolute Gasteiger partial charge is 0.323 e. The van der Waals surface area contributed by atoms with E-state index in [2.05, 4.69) is 0 Å². The molecule has 12 heteroatoms. The predicted molar refractivity (Wildman–Crippen MR) is 115 cm³/mol. The molecule has 1 aliphatic heterocycles. The number of amides is 4. The van der Waals surface area contributed by atoms with Crippen LogP contribution >= 0.6 is 11.8 Å². The van der Waals surface area contributed by atoms with Gasteiger partial charge in [-0.3, -0.25) is 25.3 Å². The minimum atomic E-state index is -5.13. The van der Waals surface area contributed by atoms with Crippen molar-refractivity contribution in [1.29, 1.82) is 0 Å². The van der Waals surface area contributed by atoms with Crippen LogP contribution in [0.2, 0.25) is 0 Å². The van der Waals surface area contributed by atoms with Gasteiger partial charge in [-0.15, -0.1) is 0 Å². The van der Waals surface area contributed by atoms with Crippen molar-refractivity contribution in [3.8, 4) is 0 Å². The van der Waals surface area contributed by atoms with E-state index >= 15 is 0 Å². The maximum absolute atomic E-state index is 14.5. The van der Waals surface area contributed by atoms with Gasteiger partial charge in [0.05, 0.1) is 12.2 Å². The van der Waals surface area contributed by atoms with Gasteiger partial charge >= 0.3 is 18.1 Å². The number of hydrogen-bond acceptors (Lipinski definition) is 4. The first-order valence-corrected chi connectivity index (χ1v) is 11.0. The first-order valence-electron chi connectivity index (χ1n) is 9.82. The Bertz CT molecular complexity index is 1010. The normalized spacial score (nSPS) is 13.9. The number of rotatable bonds is 4. The van der Waals surface area contributed by atoms with E-state index in [1.165, 1.54) is 52.8 Å². The lowest BCUT2D eigenvalue weighted by molar-refractivity contribution is -0.174. The first-order chi connectivity index (χ1) is 15.7. The molecule has 1 heterocycles. The van der Waals surface area contributed by atoms with Crippen LogP contribution in [0.3, 0.4) is 0 Å². The molecular formula is C21H20F4N4O3S. The summed E-state index contributed by atoms with van der Waals surface area (Å²) in [6.07, 6.45) is -5.13. The molecule has 0 radical (unpaired) electrons. The number of anilines is 1. The second-order valence-electron chi connectivity index (χ2n) is 7.02. The molecule has 0 atom stereocenters. The number of halogens is 4. The van der Waals surface area contributed by atoms with Crippen LogP contribution in [0.15, 0.2) is 48.5 Å². The summed E-state index contributed by atoms with van der Waals surface area (Å²) >= 11 is 1.73. The molecule has 1 aliphatic rings. The van der Waals surface area contributed by atoms with Crippen LogP contribution in [-0.4, -0.2) is 53.5 Å². The van der Waals surface area contributed by atoms with Gasteiger partial charge < -0.3 is 4.90 Å². The van der Waals surface area contributed by atoms with E-state index in [1.807, 2.05) is 0 Å². The van der Waals surface area contributed by atoms with Crippen molar-refractivity contribution < 1.29 is 31.9 Å². The van der Waals surface area contributed by atoms with Crippen molar-refractivity contribution in [1.82, 2.24) is 15.8 Å². The van der Waals surface area contributed by atoms with Crippen molar-refractivity contribution >= 4 is 35.3 Å². The number of nitrogens with one attached hydrogen (secondary N) is 2. The Morgan fingerprint density at radius 3 is 2.21 bits per heavy atom. The van der Waals surface area contributed by atoms with Crippen molar-refractivity contribution in [2.24, 2.45) is 0 Å². The summed E-state index contributed by atoms with van der Waals surface area (Å²) in [7, 11) is 0. The number of carbonyl (C=O) groups is 3. The van der Waals surface area contributed by atoms with Gasteiger partial charge in [0, 0.05) is 30.2 Å². The molecule has 33 heavy (non-hydrogen) atoms. The average Bonchev–Trinajstić information content (AvgIpc) is 2.81. The van der Waals surface area contributed by atoms with Crippen LogP contribution in [0, 0.1) is 5.82 Å². The third-order valence-electron chi connectivity index (χ3n) is 4.76. The van der Waals surface area contributed by atoms with Gasteiger partial charge in [-0.1, -0.05) is 24.3 Å². The van der Waals surface area contributed by atoms with Crippen molar-refractivity contribution in [3.05, 3.63) is 65.5 Å². The maximum Gasteiger partial charge on any atom is 0.472 e. The Morgan fingerprint density at radius 2 is 1.61 bits per heavy atom. The molecule has 3 rings (SSSR count). The zero-order valence-corrected chi connectivity index (χ0v) is 18.0. The van der Waals surface area contributed by atoms with E-state index in [-0.39, 0.29) is 23.8 Å². The van der Waals surface area contributed by atoms with Crippen LogP contribution in [-0.2, 0) is 11.3 Å². The number of urea groups is 1. The quantitative estimate of drug-likeness (QED) is 0.516. The molecule has 2 N–H and O–H groups in total. The summed E-state index contributed by atoms with van der Waals surface area (Å²) in [4.78, 5) is 38.9. The van der Waals surface area contributed by atoms with E-state index in [4.69, 9.17) is 0 Å². The lowest BCUT2D eigenvalue weighted by Crippen LogP contribution is -2.47. The Kier molecular flexibility index (Phi) is 7.79. The topological polar surface area (TPSA) is 81.8 Å². The minimum Gasteiger partial charge on any atom is -0.323 e. The Morgan fingerprint density at radius 1 is 0.970 bits per heavy atom. The average molecular weight is 484 g/mol. The molecule has 0 spiro atoms. The summed E-state index contributed by atoms with van der Waals surface area (Å²) in [5.41, 5.74) is 3.62. The van der Waals surface area contributed by atoms with Gasteiger partial charge in [0.15, 0.2) is 0 Å². The standard InChI is InChI=1S/C21H20F4N4O3S/c22-16-3-1-2-4-17(16)29(20(32)28-9-11-33-12-10-28)13-14-5-7-15(8-6-14)18(30)26-27-19(31)21(23,24)25/h1-8H,9-13H2,(H,26,30)(H,27,31). The largest absolute Gasteiger partial charge is 0.472 e. The molecule has 0 aromatic heterocycles. The molecule has 0 unspecified atom stereocenters. The fourth-order valence-electron chi connectivity index (χ4n) is 3.05. The summed E-state index contributed by atoms with van der Waals surface area (Å²) in [5, 5.41) is 0. The highest BCUT2D eigenvalue weighted by Gasteiger charge is 2.39. The van der Waals surface area contributed by atoms with Gasteiger partial charge in [-0.05, 0) is 29.8 Å². The SMILES string of the molecule is O=C(NNC(=O)C(F)(F)F)c1ccc(CN(C(=O)N2CCSCC2)c2ccccc2F)cc1. The molecular weight excluding hydrogens is 464 g/mol. The zero-order valence-electron chi connectivity index (χ0n) is 17.2. The Balaban J connectivity index is 1.73. The molecule has 0 saturated carbocycles. The number of carbonyl (C=O) groups excluding carboxylic acids is 3. The number of hydrazine groups is 1. The Labute approximate surface area is 191 Å². The van der Waals surface area contributed by atoms with Gasteiger partial charge in [0.1, 0.15) is 5.82 Å². The lowest BCUT2D eigenvalue weighted by atomic mass is 10.1. The van der Waals surface area contributed by atoms with E-state index in [9.17, 15) is 31.9 Å².